The number of carbonyl (C=O) groups is 2. The number of esters is 2. The number of methoxy groups -OCH3 is 1. The standard InChI is InChI=1S/C23H30N2O7/c1-14(9-6-5-7-12-26)32-23(28)20-16(3)24-15(2)19(22(27)31-4)21(20)17-10-8-11-18(13-17)25(29)30/h8,10-11,13-14,21,24,26H,5-7,9,12H2,1-4H3. The number of nitro benzene ring substituents is 1. The number of carbonyl (C=O) groups excluding carboxylic acids is 2. The second-order valence-corrected chi connectivity index (χ2v) is 7.77. The van der Waals surface area contributed by atoms with Crippen LogP contribution in [0.2, 0.25) is 0 Å². The molecule has 0 bridgehead atoms. The molecule has 9 nitrogen and oxygen atoms in total. The van der Waals surface area contributed by atoms with Gasteiger partial charge in [-0.25, -0.2) is 9.59 Å². The van der Waals surface area contributed by atoms with E-state index in [1.807, 2.05) is 0 Å². The third-order valence-electron chi connectivity index (χ3n) is 5.38. The molecule has 0 saturated heterocycles. The predicted molar refractivity (Wildman–Crippen MR) is 117 cm³/mol. The molecule has 2 atom stereocenters. The molecule has 2 unspecified atom stereocenters. The lowest BCUT2D eigenvalue weighted by molar-refractivity contribution is -0.384. The van der Waals surface area contributed by atoms with Crippen molar-refractivity contribution in [2.24, 2.45) is 0 Å². The number of hydrogen-bond acceptors (Lipinski definition) is 8. The van der Waals surface area contributed by atoms with Gasteiger partial charge < -0.3 is 19.9 Å². The monoisotopic (exact) mass is 446 g/mol. The molecule has 1 aromatic rings. The Hall–Kier alpha value is -3.20. The molecule has 0 saturated carbocycles. The molecule has 1 aromatic carbocycles. The number of nitro groups is 1. The molecule has 1 aliphatic rings. The molecule has 0 radical (unpaired) electrons. The summed E-state index contributed by atoms with van der Waals surface area (Å²) in [6, 6.07) is 5.85. The first-order valence-electron chi connectivity index (χ1n) is 10.5. The predicted octanol–water partition coefficient (Wildman–Crippen LogP) is 3.49. The Bertz CT molecular complexity index is 936. The lowest BCUT2D eigenvalue weighted by atomic mass is 9.80. The van der Waals surface area contributed by atoms with Crippen LogP contribution in [0, 0.1) is 10.1 Å². The van der Waals surface area contributed by atoms with Crippen LogP contribution in [0.5, 0.6) is 0 Å². The minimum Gasteiger partial charge on any atom is -0.466 e. The van der Waals surface area contributed by atoms with Crippen LogP contribution >= 0.6 is 0 Å². The van der Waals surface area contributed by atoms with Crippen LogP contribution in [0.1, 0.15) is 57.9 Å². The number of unbranched alkanes of at least 4 members (excludes halogenated alkanes) is 2. The molecule has 2 rings (SSSR count). The Kier molecular flexibility index (Phi) is 8.95. The third-order valence-corrected chi connectivity index (χ3v) is 5.38. The fourth-order valence-electron chi connectivity index (χ4n) is 3.82. The Morgan fingerprint density at radius 3 is 2.41 bits per heavy atom. The van der Waals surface area contributed by atoms with E-state index >= 15 is 0 Å². The summed E-state index contributed by atoms with van der Waals surface area (Å²) < 4.78 is 10.6. The van der Waals surface area contributed by atoms with Crippen molar-refractivity contribution < 1.29 is 29.1 Å². The van der Waals surface area contributed by atoms with Crippen LogP contribution in [0.3, 0.4) is 0 Å². The number of hydrogen-bond donors (Lipinski definition) is 2. The highest BCUT2D eigenvalue weighted by Gasteiger charge is 2.38. The van der Waals surface area contributed by atoms with Gasteiger partial charge in [-0.3, -0.25) is 10.1 Å². The number of aliphatic hydroxyl groups excluding tert-OH is 1. The third kappa shape index (κ3) is 5.94. The molecular weight excluding hydrogens is 416 g/mol. The van der Waals surface area contributed by atoms with Gasteiger partial charge in [0, 0.05) is 30.1 Å². The van der Waals surface area contributed by atoms with Gasteiger partial charge >= 0.3 is 11.9 Å². The van der Waals surface area contributed by atoms with Crippen LogP contribution in [0.4, 0.5) is 5.69 Å². The minimum absolute atomic E-state index is 0.124. The van der Waals surface area contributed by atoms with E-state index in [0.29, 0.717) is 29.8 Å². The van der Waals surface area contributed by atoms with E-state index in [4.69, 9.17) is 14.6 Å². The number of nitrogens with one attached hydrogen (secondary N) is 1. The normalized spacial score (nSPS) is 17.0. The minimum atomic E-state index is -0.877. The second kappa shape index (κ2) is 11.4. The van der Waals surface area contributed by atoms with Crippen molar-refractivity contribution in [3.63, 3.8) is 0 Å². The number of dihydropyridines is 1. The van der Waals surface area contributed by atoms with Gasteiger partial charge in [0.15, 0.2) is 0 Å². The van der Waals surface area contributed by atoms with E-state index in [1.165, 1.54) is 25.3 Å². The molecule has 32 heavy (non-hydrogen) atoms. The number of nitrogens with zero attached hydrogens (tertiary/aromatic N) is 1. The van der Waals surface area contributed by atoms with Gasteiger partial charge in [0.1, 0.15) is 0 Å². The Labute approximate surface area is 187 Å². The van der Waals surface area contributed by atoms with E-state index in [1.54, 1.807) is 26.8 Å². The van der Waals surface area contributed by atoms with Crippen LogP contribution in [0.15, 0.2) is 46.8 Å². The van der Waals surface area contributed by atoms with Crippen molar-refractivity contribution in [1.29, 1.82) is 0 Å². The Balaban J connectivity index is 2.43. The lowest BCUT2D eigenvalue weighted by Crippen LogP contribution is -2.33. The zero-order valence-electron chi connectivity index (χ0n) is 18.8. The maximum Gasteiger partial charge on any atom is 0.337 e. The smallest absolute Gasteiger partial charge is 0.337 e. The van der Waals surface area contributed by atoms with Crippen molar-refractivity contribution in [3.8, 4) is 0 Å². The van der Waals surface area contributed by atoms with E-state index in [9.17, 15) is 19.7 Å². The summed E-state index contributed by atoms with van der Waals surface area (Å²) in [5.74, 6) is -2.12. The molecule has 1 aliphatic heterocycles. The average molecular weight is 447 g/mol. The summed E-state index contributed by atoms with van der Waals surface area (Å²) >= 11 is 0. The average Bonchev–Trinajstić information content (AvgIpc) is 2.75. The first-order valence-corrected chi connectivity index (χ1v) is 10.5. The summed E-state index contributed by atoms with van der Waals surface area (Å²) in [6.07, 6.45) is 2.57. The van der Waals surface area contributed by atoms with Crippen molar-refractivity contribution in [2.75, 3.05) is 13.7 Å². The lowest BCUT2D eigenvalue weighted by Gasteiger charge is -2.30. The number of benzene rings is 1. The van der Waals surface area contributed by atoms with E-state index in [0.717, 1.165) is 12.8 Å². The van der Waals surface area contributed by atoms with Gasteiger partial charge in [0.2, 0.25) is 0 Å². The van der Waals surface area contributed by atoms with Gasteiger partial charge in [-0.15, -0.1) is 0 Å². The fourth-order valence-corrected chi connectivity index (χ4v) is 3.82. The van der Waals surface area contributed by atoms with Gasteiger partial charge in [-0.1, -0.05) is 18.6 Å². The van der Waals surface area contributed by atoms with Gasteiger partial charge in [-0.2, -0.15) is 0 Å². The highest BCUT2D eigenvalue weighted by Crippen LogP contribution is 2.40. The van der Waals surface area contributed by atoms with Gasteiger partial charge in [0.05, 0.1) is 35.2 Å². The largest absolute Gasteiger partial charge is 0.466 e. The number of allylic oxidation sites excluding steroid dienone is 2. The summed E-state index contributed by atoms with van der Waals surface area (Å²) in [4.78, 5) is 36.6. The summed E-state index contributed by atoms with van der Waals surface area (Å²) in [5.41, 5.74) is 1.68. The van der Waals surface area contributed by atoms with Crippen LogP contribution < -0.4 is 5.32 Å². The van der Waals surface area contributed by atoms with E-state index in [2.05, 4.69) is 5.32 Å². The van der Waals surface area contributed by atoms with Gasteiger partial charge in [-0.05, 0) is 45.6 Å². The van der Waals surface area contributed by atoms with Gasteiger partial charge in [0.25, 0.3) is 5.69 Å². The fraction of sp³-hybridized carbons (Fsp3) is 0.478. The molecule has 0 amide bonds. The topological polar surface area (TPSA) is 128 Å². The van der Waals surface area contributed by atoms with Crippen molar-refractivity contribution in [3.05, 3.63) is 62.5 Å². The Morgan fingerprint density at radius 1 is 1.16 bits per heavy atom. The number of aliphatic hydroxyl groups is 1. The zero-order chi connectivity index (χ0) is 23.8. The van der Waals surface area contributed by atoms with Crippen molar-refractivity contribution >= 4 is 17.6 Å². The Morgan fingerprint density at radius 2 is 1.81 bits per heavy atom. The molecule has 0 aliphatic carbocycles. The summed E-state index contributed by atoms with van der Waals surface area (Å²) in [6.45, 7) is 5.29. The van der Waals surface area contributed by atoms with Crippen molar-refractivity contribution in [1.82, 2.24) is 5.32 Å². The molecular formula is C23H30N2O7. The molecule has 1 heterocycles. The molecule has 0 fully saturated rings. The second-order valence-electron chi connectivity index (χ2n) is 7.77. The summed E-state index contributed by atoms with van der Waals surface area (Å²) in [7, 11) is 1.24. The highest BCUT2D eigenvalue weighted by atomic mass is 16.6. The van der Waals surface area contributed by atoms with Crippen LogP contribution in [0.25, 0.3) is 0 Å². The van der Waals surface area contributed by atoms with E-state index < -0.39 is 22.8 Å². The first-order chi connectivity index (χ1) is 15.2. The maximum absolute atomic E-state index is 13.2. The molecule has 2 N–H and O–H groups in total. The number of non-ortho nitro benzene ring substituents is 1. The number of rotatable bonds is 10. The number of ether oxygens (including phenoxy) is 2. The maximum atomic E-state index is 13.2. The first kappa shape index (κ1) is 25.1. The molecule has 174 valence electrons. The van der Waals surface area contributed by atoms with Crippen molar-refractivity contribution in [2.45, 2.75) is 58.5 Å². The highest BCUT2D eigenvalue weighted by molar-refractivity contribution is 6.00. The molecule has 0 aromatic heterocycles. The van der Waals surface area contributed by atoms with Crippen LogP contribution in [-0.2, 0) is 19.1 Å². The quantitative estimate of drug-likeness (QED) is 0.242. The molecule has 9 heteroatoms. The molecule has 0 spiro atoms. The SMILES string of the molecule is COC(=O)C1=C(C)NC(C)=C(C(=O)OC(C)CCCCCO)C1c1cccc([N+](=O)[O-])c1. The summed E-state index contributed by atoms with van der Waals surface area (Å²) in [5, 5.41) is 23.3. The van der Waals surface area contributed by atoms with E-state index in [-0.39, 0.29) is 29.5 Å². The van der Waals surface area contributed by atoms with Crippen LogP contribution in [-0.4, -0.2) is 41.8 Å². The zero-order valence-corrected chi connectivity index (χ0v) is 18.8.